The van der Waals surface area contributed by atoms with E-state index < -0.39 is 0 Å². The molecule has 2 rings (SSSR count). The van der Waals surface area contributed by atoms with Crippen LogP contribution < -0.4 is 10.6 Å². The summed E-state index contributed by atoms with van der Waals surface area (Å²) >= 11 is 0. The number of amides is 2. The minimum Gasteiger partial charge on any atom is -0.350 e. The van der Waals surface area contributed by atoms with Gasteiger partial charge in [0.2, 0.25) is 0 Å². The van der Waals surface area contributed by atoms with Crippen molar-refractivity contribution in [3.63, 3.8) is 0 Å². The number of aryl methyl sites for hydroxylation is 3. The average Bonchev–Trinajstić information content (AvgIpc) is 2.83. The average molecular weight is 300 g/mol. The molecule has 0 aliphatic rings. The third-order valence-electron chi connectivity index (χ3n) is 3.32. The Kier molecular flexibility index (Phi) is 4.93. The van der Waals surface area contributed by atoms with E-state index in [0.29, 0.717) is 24.3 Å². The summed E-state index contributed by atoms with van der Waals surface area (Å²) in [7, 11) is 1.79. The van der Waals surface area contributed by atoms with Crippen LogP contribution in [-0.4, -0.2) is 34.7 Å². The maximum absolute atomic E-state index is 11.9. The van der Waals surface area contributed by atoms with Gasteiger partial charge in [-0.05, 0) is 32.0 Å². The van der Waals surface area contributed by atoms with Crippen LogP contribution in [0.3, 0.4) is 0 Å². The van der Waals surface area contributed by atoms with E-state index in [1.165, 1.54) is 0 Å². The summed E-state index contributed by atoms with van der Waals surface area (Å²) in [4.78, 5) is 23.8. The smallest absolute Gasteiger partial charge is 0.271 e. The monoisotopic (exact) mass is 300 g/mol. The Labute approximate surface area is 129 Å². The number of hydrogen-bond acceptors (Lipinski definition) is 3. The number of hydrogen-bond donors (Lipinski definition) is 2. The molecular weight excluding hydrogens is 280 g/mol. The van der Waals surface area contributed by atoms with Crippen molar-refractivity contribution in [2.45, 2.75) is 13.8 Å². The summed E-state index contributed by atoms with van der Waals surface area (Å²) in [6.07, 6.45) is 0. The van der Waals surface area contributed by atoms with Crippen molar-refractivity contribution in [3.05, 3.63) is 52.8 Å². The fraction of sp³-hybridized carbons (Fsp3) is 0.312. The molecule has 1 aromatic heterocycles. The molecule has 0 saturated heterocycles. The number of nitrogens with one attached hydrogen (secondary N) is 2. The topological polar surface area (TPSA) is 76.0 Å². The van der Waals surface area contributed by atoms with Gasteiger partial charge >= 0.3 is 0 Å². The van der Waals surface area contributed by atoms with Crippen LogP contribution in [0.15, 0.2) is 30.3 Å². The Balaban J connectivity index is 1.77. The van der Waals surface area contributed by atoms with Gasteiger partial charge in [0.15, 0.2) is 0 Å². The zero-order valence-electron chi connectivity index (χ0n) is 13.0. The quantitative estimate of drug-likeness (QED) is 0.815. The van der Waals surface area contributed by atoms with E-state index in [4.69, 9.17) is 0 Å². The largest absolute Gasteiger partial charge is 0.350 e. The molecule has 0 fully saturated rings. The van der Waals surface area contributed by atoms with E-state index in [1.807, 2.05) is 32.0 Å². The molecule has 0 spiro atoms. The van der Waals surface area contributed by atoms with Crippen LogP contribution in [0, 0.1) is 13.8 Å². The van der Waals surface area contributed by atoms with Gasteiger partial charge in [-0.2, -0.15) is 5.10 Å². The first-order chi connectivity index (χ1) is 10.5. The van der Waals surface area contributed by atoms with E-state index in [-0.39, 0.29) is 11.8 Å². The highest BCUT2D eigenvalue weighted by molar-refractivity contribution is 5.94. The highest BCUT2D eigenvalue weighted by Crippen LogP contribution is 2.03. The van der Waals surface area contributed by atoms with Crippen molar-refractivity contribution in [2.24, 2.45) is 7.05 Å². The summed E-state index contributed by atoms with van der Waals surface area (Å²) in [5.41, 5.74) is 2.95. The Morgan fingerprint density at radius 2 is 1.77 bits per heavy atom. The molecule has 0 radical (unpaired) electrons. The minimum atomic E-state index is -0.242. The first kappa shape index (κ1) is 15.8. The number of carbonyl (C=O) groups excluding carboxylic acids is 2. The van der Waals surface area contributed by atoms with Gasteiger partial charge in [0.1, 0.15) is 5.69 Å². The molecule has 6 heteroatoms. The molecule has 2 N–H and O–H groups in total. The van der Waals surface area contributed by atoms with Crippen LogP contribution in [0.25, 0.3) is 0 Å². The van der Waals surface area contributed by atoms with Crippen molar-refractivity contribution >= 4 is 11.8 Å². The predicted octanol–water partition coefficient (Wildman–Crippen LogP) is 1.20. The molecule has 1 heterocycles. The van der Waals surface area contributed by atoms with E-state index >= 15 is 0 Å². The van der Waals surface area contributed by atoms with Crippen LogP contribution in [-0.2, 0) is 7.05 Å². The lowest BCUT2D eigenvalue weighted by molar-refractivity contribution is 0.0924. The fourth-order valence-corrected chi connectivity index (χ4v) is 2.00. The van der Waals surface area contributed by atoms with Gasteiger partial charge < -0.3 is 10.6 Å². The molecule has 116 valence electrons. The standard InChI is InChI=1S/C16H20N4O2/c1-11-5-4-6-13(9-11)15(21)17-7-8-18-16(22)14-10-12(2)20(3)19-14/h4-6,9-10H,7-8H2,1-3H3,(H,17,21)(H,18,22). The SMILES string of the molecule is Cc1cccc(C(=O)NCCNC(=O)c2cc(C)n(C)n2)c1. The highest BCUT2D eigenvalue weighted by Gasteiger charge is 2.10. The maximum Gasteiger partial charge on any atom is 0.271 e. The number of benzene rings is 1. The first-order valence-corrected chi connectivity index (χ1v) is 7.11. The van der Waals surface area contributed by atoms with Crippen LogP contribution in [0.1, 0.15) is 32.1 Å². The number of rotatable bonds is 5. The third-order valence-corrected chi connectivity index (χ3v) is 3.32. The summed E-state index contributed by atoms with van der Waals surface area (Å²) in [6, 6.07) is 9.09. The van der Waals surface area contributed by atoms with Crippen molar-refractivity contribution in [3.8, 4) is 0 Å². The molecule has 6 nitrogen and oxygen atoms in total. The van der Waals surface area contributed by atoms with Gasteiger partial charge in [0.05, 0.1) is 0 Å². The summed E-state index contributed by atoms with van der Waals surface area (Å²) in [5.74, 6) is -0.389. The molecule has 0 bridgehead atoms. The van der Waals surface area contributed by atoms with E-state index in [9.17, 15) is 9.59 Å². The van der Waals surface area contributed by atoms with E-state index in [1.54, 1.807) is 23.9 Å². The fourth-order valence-electron chi connectivity index (χ4n) is 2.00. The number of aromatic nitrogens is 2. The number of nitrogens with zero attached hydrogens (tertiary/aromatic N) is 2. The maximum atomic E-state index is 11.9. The van der Waals surface area contributed by atoms with Gasteiger partial charge in [-0.3, -0.25) is 14.3 Å². The lowest BCUT2D eigenvalue weighted by atomic mass is 10.1. The zero-order chi connectivity index (χ0) is 16.1. The van der Waals surface area contributed by atoms with Crippen LogP contribution >= 0.6 is 0 Å². The second-order valence-corrected chi connectivity index (χ2v) is 5.18. The second kappa shape index (κ2) is 6.89. The molecule has 2 amide bonds. The summed E-state index contributed by atoms with van der Waals surface area (Å²) in [5, 5.41) is 9.60. The molecule has 0 unspecified atom stereocenters. The zero-order valence-corrected chi connectivity index (χ0v) is 13.0. The molecule has 0 atom stereocenters. The van der Waals surface area contributed by atoms with Crippen molar-refractivity contribution in [1.82, 2.24) is 20.4 Å². The Bertz CT molecular complexity index is 672. The summed E-state index contributed by atoms with van der Waals surface area (Å²) in [6.45, 7) is 4.54. The molecule has 22 heavy (non-hydrogen) atoms. The van der Waals surface area contributed by atoms with Crippen molar-refractivity contribution in [2.75, 3.05) is 13.1 Å². The molecule has 0 saturated carbocycles. The predicted molar refractivity (Wildman–Crippen MR) is 83.8 cm³/mol. The van der Waals surface area contributed by atoms with Gasteiger partial charge in [-0.1, -0.05) is 17.7 Å². The Hall–Kier alpha value is -2.63. The minimum absolute atomic E-state index is 0.147. The van der Waals surface area contributed by atoms with Crippen molar-refractivity contribution < 1.29 is 9.59 Å². The Morgan fingerprint density at radius 3 is 2.36 bits per heavy atom. The van der Waals surface area contributed by atoms with Crippen LogP contribution in [0.4, 0.5) is 0 Å². The van der Waals surface area contributed by atoms with Gasteiger partial charge in [-0.15, -0.1) is 0 Å². The van der Waals surface area contributed by atoms with Crippen LogP contribution in [0.5, 0.6) is 0 Å². The highest BCUT2D eigenvalue weighted by atomic mass is 16.2. The van der Waals surface area contributed by atoms with Gasteiger partial charge in [0.25, 0.3) is 11.8 Å². The molecular formula is C16H20N4O2. The van der Waals surface area contributed by atoms with E-state index in [2.05, 4.69) is 15.7 Å². The molecule has 2 aromatic rings. The summed E-state index contributed by atoms with van der Waals surface area (Å²) < 4.78 is 1.65. The first-order valence-electron chi connectivity index (χ1n) is 7.11. The van der Waals surface area contributed by atoms with Crippen molar-refractivity contribution in [1.29, 1.82) is 0 Å². The number of carbonyl (C=O) groups is 2. The second-order valence-electron chi connectivity index (χ2n) is 5.18. The van der Waals surface area contributed by atoms with Crippen LogP contribution in [0.2, 0.25) is 0 Å². The lowest BCUT2D eigenvalue weighted by Gasteiger charge is -2.06. The molecule has 1 aromatic carbocycles. The molecule has 0 aliphatic carbocycles. The normalized spacial score (nSPS) is 10.3. The van der Waals surface area contributed by atoms with Gasteiger partial charge in [0, 0.05) is 31.4 Å². The molecule has 0 aliphatic heterocycles. The van der Waals surface area contributed by atoms with E-state index in [0.717, 1.165) is 11.3 Å². The third kappa shape index (κ3) is 3.94. The lowest BCUT2D eigenvalue weighted by Crippen LogP contribution is -2.34. The van der Waals surface area contributed by atoms with Gasteiger partial charge in [-0.25, -0.2) is 0 Å². The Morgan fingerprint density at radius 1 is 1.09 bits per heavy atom.